The Balaban J connectivity index is 1.56. The van der Waals surface area contributed by atoms with E-state index in [1.165, 1.54) is 18.7 Å². The topological polar surface area (TPSA) is 107 Å². The number of anilines is 1. The number of carbonyl (C=O) groups is 1. The van der Waals surface area contributed by atoms with Crippen LogP contribution in [0.3, 0.4) is 0 Å². The molecule has 2 aromatic carbocycles. The molecule has 0 bridgehead atoms. The van der Waals surface area contributed by atoms with Crippen LogP contribution in [0.2, 0.25) is 0 Å². The molecule has 0 aliphatic rings. The molecule has 0 saturated carbocycles. The lowest BCUT2D eigenvalue weighted by Crippen LogP contribution is -2.13. The number of nitriles is 1. The van der Waals surface area contributed by atoms with E-state index in [1.807, 2.05) is 37.3 Å². The van der Waals surface area contributed by atoms with Gasteiger partial charge < -0.3 is 24.1 Å². The average molecular weight is 447 g/mol. The molecule has 3 rings (SSSR count). The van der Waals surface area contributed by atoms with Crippen molar-refractivity contribution in [3.8, 4) is 23.3 Å². The van der Waals surface area contributed by atoms with Gasteiger partial charge in [-0.25, -0.2) is 0 Å². The number of amides is 1. The third-order valence-corrected chi connectivity index (χ3v) is 4.57. The SMILES string of the molecule is COc1cc(/C=C(/C#N)C(=O)Nc2cc(C)on2)ccc1OCCCOc1ccc(C)cc1. The number of aromatic nitrogens is 1. The van der Waals surface area contributed by atoms with Gasteiger partial charge in [0, 0.05) is 12.5 Å². The van der Waals surface area contributed by atoms with Gasteiger partial charge >= 0.3 is 0 Å². The fourth-order valence-corrected chi connectivity index (χ4v) is 2.88. The van der Waals surface area contributed by atoms with Crippen LogP contribution in [-0.4, -0.2) is 31.4 Å². The van der Waals surface area contributed by atoms with Gasteiger partial charge in [-0.05, 0) is 49.8 Å². The number of ether oxygens (including phenoxy) is 3. The van der Waals surface area contributed by atoms with Gasteiger partial charge in [0.15, 0.2) is 17.3 Å². The van der Waals surface area contributed by atoms with Crippen molar-refractivity contribution in [1.82, 2.24) is 5.16 Å². The fraction of sp³-hybridized carbons (Fsp3) is 0.240. The van der Waals surface area contributed by atoms with Crippen LogP contribution in [0.15, 0.2) is 58.6 Å². The molecule has 1 heterocycles. The van der Waals surface area contributed by atoms with Gasteiger partial charge in [-0.2, -0.15) is 5.26 Å². The molecule has 0 radical (unpaired) electrons. The molecule has 0 aliphatic heterocycles. The van der Waals surface area contributed by atoms with Gasteiger partial charge in [0.05, 0.1) is 20.3 Å². The molecule has 8 nitrogen and oxygen atoms in total. The zero-order valence-corrected chi connectivity index (χ0v) is 18.8. The van der Waals surface area contributed by atoms with Crippen LogP contribution in [0.25, 0.3) is 6.08 Å². The molecule has 0 atom stereocenters. The van der Waals surface area contributed by atoms with E-state index in [1.54, 1.807) is 31.2 Å². The van der Waals surface area contributed by atoms with Gasteiger partial charge in [-0.3, -0.25) is 4.79 Å². The zero-order valence-electron chi connectivity index (χ0n) is 18.8. The Hall–Kier alpha value is -4.25. The van der Waals surface area contributed by atoms with E-state index in [0.717, 1.165) is 5.75 Å². The molecule has 170 valence electrons. The number of carbonyl (C=O) groups excluding carboxylic acids is 1. The van der Waals surface area contributed by atoms with E-state index in [0.29, 0.717) is 42.5 Å². The molecular weight excluding hydrogens is 422 g/mol. The van der Waals surface area contributed by atoms with Gasteiger partial charge in [-0.15, -0.1) is 0 Å². The highest BCUT2D eigenvalue weighted by atomic mass is 16.5. The van der Waals surface area contributed by atoms with Crippen molar-refractivity contribution in [3.63, 3.8) is 0 Å². The number of nitrogens with zero attached hydrogens (tertiary/aromatic N) is 2. The summed E-state index contributed by atoms with van der Waals surface area (Å²) in [5.41, 5.74) is 1.72. The molecular formula is C25H25N3O5. The maximum absolute atomic E-state index is 12.3. The van der Waals surface area contributed by atoms with Crippen molar-refractivity contribution in [2.24, 2.45) is 0 Å². The first kappa shape index (κ1) is 23.4. The van der Waals surface area contributed by atoms with Gasteiger partial charge in [0.25, 0.3) is 5.91 Å². The minimum atomic E-state index is -0.585. The van der Waals surface area contributed by atoms with E-state index in [-0.39, 0.29) is 11.4 Å². The Kier molecular flexibility index (Phi) is 8.08. The Morgan fingerprint density at radius 3 is 2.52 bits per heavy atom. The second-order valence-corrected chi connectivity index (χ2v) is 7.22. The van der Waals surface area contributed by atoms with Gasteiger partial charge in [0.1, 0.15) is 23.2 Å². The highest BCUT2D eigenvalue weighted by molar-refractivity contribution is 6.09. The summed E-state index contributed by atoms with van der Waals surface area (Å²) in [6.07, 6.45) is 2.16. The molecule has 0 fully saturated rings. The summed E-state index contributed by atoms with van der Waals surface area (Å²) in [5, 5.41) is 15.6. The summed E-state index contributed by atoms with van der Waals surface area (Å²) in [5.74, 6) is 2.09. The summed E-state index contributed by atoms with van der Waals surface area (Å²) in [6, 6.07) is 16.5. The number of benzene rings is 2. The second-order valence-electron chi connectivity index (χ2n) is 7.22. The first-order valence-corrected chi connectivity index (χ1v) is 10.4. The van der Waals surface area contributed by atoms with Crippen molar-refractivity contribution in [1.29, 1.82) is 5.26 Å². The number of nitrogens with one attached hydrogen (secondary N) is 1. The molecule has 0 spiro atoms. The number of aryl methyl sites for hydroxylation is 2. The lowest BCUT2D eigenvalue weighted by molar-refractivity contribution is -0.112. The highest BCUT2D eigenvalue weighted by Gasteiger charge is 2.13. The predicted octanol–water partition coefficient (Wildman–Crippen LogP) is 4.69. The Labute approximate surface area is 192 Å². The van der Waals surface area contributed by atoms with Crippen LogP contribution < -0.4 is 19.5 Å². The summed E-state index contributed by atoms with van der Waals surface area (Å²) in [6.45, 7) is 4.70. The molecule has 0 unspecified atom stereocenters. The number of methoxy groups -OCH3 is 1. The van der Waals surface area contributed by atoms with Gasteiger partial charge in [0.2, 0.25) is 0 Å². The molecule has 1 N–H and O–H groups in total. The number of hydrogen-bond acceptors (Lipinski definition) is 7. The number of rotatable bonds is 10. The van der Waals surface area contributed by atoms with Crippen LogP contribution in [-0.2, 0) is 4.79 Å². The summed E-state index contributed by atoms with van der Waals surface area (Å²) >= 11 is 0. The quantitative estimate of drug-likeness (QED) is 0.273. The molecule has 0 saturated heterocycles. The van der Waals surface area contributed by atoms with Crippen LogP contribution >= 0.6 is 0 Å². The Morgan fingerprint density at radius 1 is 1.09 bits per heavy atom. The monoisotopic (exact) mass is 447 g/mol. The standard InChI is InChI=1S/C25H25N3O5/c1-17-5-8-21(9-6-17)31-11-4-12-32-22-10-7-19(15-23(22)30-3)14-20(16-26)25(29)27-24-13-18(2)33-28-24/h5-10,13-15H,4,11-12H2,1-3H3,(H,27,28,29)/b20-14-. The Bertz CT molecular complexity index is 1160. The summed E-state index contributed by atoms with van der Waals surface area (Å²) < 4.78 is 21.8. The molecule has 3 aromatic rings. The minimum Gasteiger partial charge on any atom is -0.493 e. The van der Waals surface area contributed by atoms with Crippen molar-refractivity contribution in [2.45, 2.75) is 20.3 Å². The normalized spacial score (nSPS) is 10.9. The van der Waals surface area contributed by atoms with E-state index in [4.69, 9.17) is 18.7 Å². The largest absolute Gasteiger partial charge is 0.493 e. The molecule has 33 heavy (non-hydrogen) atoms. The maximum Gasteiger partial charge on any atom is 0.267 e. The zero-order chi connectivity index (χ0) is 23.6. The van der Waals surface area contributed by atoms with Crippen LogP contribution in [0.5, 0.6) is 17.2 Å². The van der Waals surface area contributed by atoms with Crippen molar-refractivity contribution < 1.29 is 23.5 Å². The molecule has 1 aromatic heterocycles. The van der Waals surface area contributed by atoms with Crippen molar-refractivity contribution in [3.05, 3.63) is 71.0 Å². The smallest absolute Gasteiger partial charge is 0.267 e. The molecule has 8 heteroatoms. The third kappa shape index (κ3) is 6.87. The van der Waals surface area contributed by atoms with Crippen LogP contribution in [0.4, 0.5) is 5.82 Å². The van der Waals surface area contributed by atoms with Crippen molar-refractivity contribution in [2.75, 3.05) is 25.6 Å². The van der Waals surface area contributed by atoms with Crippen LogP contribution in [0, 0.1) is 25.2 Å². The van der Waals surface area contributed by atoms with Crippen LogP contribution in [0.1, 0.15) is 23.3 Å². The van der Waals surface area contributed by atoms with E-state index in [9.17, 15) is 10.1 Å². The minimum absolute atomic E-state index is 0.0837. The summed E-state index contributed by atoms with van der Waals surface area (Å²) in [4.78, 5) is 12.3. The van der Waals surface area contributed by atoms with Crippen molar-refractivity contribution >= 4 is 17.8 Å². The lowest BCUT2D eigenvalue weighted by Gasteiger charge is -2.12. The fourth-order valence-electron chi connectivity index (χ4n) is 2.88. The van der Waals surface area contributed by atoms with E-state index >= 15 is 0 Å². The maximum atomic E-state index is 12.3. The number of hydrogen-bond donors (Lipinski definition) is 1. The second kappa shape index (κ2) is 11.4. The molecule has 0 aliphatic carbocycles. The predicted molar refractivity (Wildman–Crippen MR) is 123 cm³/mol. The average Bonchev–Trinajstić information content (AvgIpc) is 3.23. The first-order chi connectivity index (χ1) is 16.0. The van der Waals surface area contributed by atoms with E-state index < -0.39 is 5.91 Å². The summed E-state index contributed by atoms with van der Waals surface area (Å²) in [7, 11) is 1.53. The van der Waals surface area contributed by atoms with Gasteiger partial charge in [-0.1, -0.05) is 28.9 Å². The third-order valence-electron chi connectivity index (χ3n) is 4.57. The first-order valence-electron chi connectivity index (χ1n) is 10.4. The lowest BCUT2D eigenvalue weighted by atomic mass is 10.1. The Morgan fingerprint density at radius 2 is 1.85 bits per heavy atom. The molecule has 1 amide bonds. The highest BCUT2D eigenvalue weighted by Crippen LogP contribution is 2.29. The van der Waals surface area contributed by atoms with E-state index in [2.05, 4.69) is 10.5 Å².